The molecule has 164 valence electrons. The van der Waals surface area contributed by atoms with Crippen LogP contribution < -0.4 is 8.92 Å². The second kappa shape index (κ2) is 10.1. The van der Waals surface area contributed by atoms with Gasteiger partial charge in [0.25, 0.3) is 0 Å². The summed E-state index contributed by atoms with van der Waals surface area (Å²) in [6.45, 7) is 0.194. The number of para-hydroxylation sites is 1. The van der Waals surface area contributed by atoms with Crippen LogP contribution in [-0.4, -0.2) is 40.1 Å². The fourth-order valence-electron chi connectivity index (χ4n) is 2.87. The van der Waals surface area contributed by atoms with Crippen LogP contribution in [-0.2, 0) is 32.7 Å². The van der Waals surface area contributed by atoms with E-state index < -0.39 is 10.1 Å². The number of amides is 1. The molecule has 1 aromatic heterocycles. The molecular weight excluding hydrogens is 422 g/mol. The third kappa shape index (κ3) is 5.87. The summed E-state index contributed by atoms with van der Waals surface area (Å²) < 4.78 is 46.3. The number of rotatable bonds is 10. The maximum absolute atomic E-state index is 12.8. The molecular formula is C22H23NO7S. The Morgan fingerprint density at radius 3 is 2.35 bits per heavy atom. The Balaban J connectivity index is 1.84. The number of benzene rings is 2. The topological polar surface area (TPSA) is 95.3 Å². The summed E-state index contributed by atoms with van der Waals surface area (Å²) in [6.07, 6.45) is 1.52. The summed E-state index contributed by atoms with van der Waals surface area (Å²) in [5.41, 5.74) is 0.524. The van der Waals surface area contributed by atoms with Gasteiger partial charge in [0, 0.05) is 19.2 Å². The lowest BCUT2D eigenvalue weighted by Gasteiger charge is -2.22. The van der Waals surface area contributed by atoms with Crippen molar-refractivity contribution in [3.8, 4) is 11.5 Å². The molecule has 1 heterocycles. The molecule has 0 aliphatic heterocycles. The number of hydrogen-bond donors (Lipinski definition) is 0. The lowest BCUT2D eigenvalue weighted by molar-refractivity contribution is -0.136. The van der Waals surface area contributed by atoms with E-state index in [0.717, 1.165) is 0 Å². The average Bonchev–Trinajstić information content (AvgIpc) is 3.28. The molecule has 3 aromatic rings. The molecule has 1 amide bonds. The van der Waals surface area contributed by atoms with Gasteiger partial charge in [-0.05, 0) is 42.5 Å². The zero-order valence-electron chi connectivity index (χ0n) is 17.2. The molecule has 0 bridgehead atoms. The first kappa shape index (κ1) is 22.4. The molecule has 0 unspecified atom stereocenters. The van der Waals surface area contributed by atoms with Gasteiger partial charge in [-0.25, -0.2) is 0 Å². The smallest absolute Gasteiger partial charge is 0.339 e. The molecule has 0 aliphatic rings. The van der Waals surface area contributed by atoms with E-state index in [9.17, 15) is 13.2 Å². The van der Waals surface area contributed by atoms with Crippen molar-refractivity contribution in [2.45, 2.75) is 18.0 Å². The second-order valence-corrected chi connectivity index (χ2v) is 8.13. The van der Waals surface area contributed by atoms with Crippen LogP contribution in [0.2, 0.25) is 0 Å². The summed E-state index contributed by atoms with van der Waals surface area (Å²) in [5, 5.41) is 0. The highest BCUT2D eigenvalue weighted by Gasteiger charge is 2.21. The standard InChI is InChI=1S/C22H23NO7S/c1-27-16-22(24)23(15-19-7-5-13-29-19)14-17-6-3-4-8-21(17)30-31(25,26)20-11-9-18(28-2)10-12-20/h3-13H,14-16H2,1-2H3. The first-order valence-corrected chi connectivity index (χ1v) is 10.8. The van der Waals surface area contributed by atoms with E-state index in [0.29, 0.717) is 17.1 Å². The van der Waals surface area contributed by atoms with Crippen LogP contribution >= 0.6 is 0 Å². The zero-order chi connectivity index (χ0) is 22.3. The van der Waals surface area contributed by atoms with Gasteiger partial charge in [0.05, 0.1) is 19.9 Å². The number of carbonyl (C=O) groups excluding carboxylic acids is 1. The minimum Gasteiger partial charge on any atom is -0.497 e. The highest BCUT2D eigenvalue weighted by atomic mass is 32.2. The van der Waals surface area contributed by atoms with Crippen molar-refractivity contribution in [2.24, 2.45) is 0 Å². The summed E-state index contributed by atoms with van der Waals surface area (Å²) >= 11 is 0. The molecule has 8 nitrogen and oxygen atoms in total. The van der Waals surface area contributed by atoms with Crippen LogP contribution in [0.3, 0.4) is 0 Å². The van der Waals surface area contributed by atoms with Gasteiger partial charge in [-0.1, -0.05) is 18.2 Å². The van der Waals surface area contributed by atoms with Gasteiger partial charge in [-0.15, -0.1) is 0 Å². The Morgan fingerprint density at radius 2 is 1.71 bits per heavy atom. The van der Waals surface area contributed by atoms with Gasteiger partial charge < -0.3 is 23.0 Å². The number of ether oxygens (including phenoxy) is 2. The second-order valence-electron chi connectivity index (χ2n) is 6.58. The van der Waals surface area contributed by atoms with E-state index in [4.69, 9.17) is 18.1 Å². The maximum Gasteiger partial charge on any atom is 0.339 e. The van der Waals surface area contributed by atoms with Crippen LogP contribution in [0, 0.1) is 0 Å². The number of nitrogens with zero attached hydrogens (tertiary/aromatic N) is 1. The molecule has 31 heavy (non-hydrogen) atoms. The van der Waals surface area contributed by atoms with Crippen LogP contribution in [0.15, 0.2) is 76.2 Å². The van der Waals surface area contributed by atoms with E-state index >= 15 is 0 Å². The Labute approximate surface area is 181 Å². The number of carbonyl (C=O) groups is 1. The SMILES string of the molecule is COCC(=O)N(Cc1ccco1)Cc1ccccc1OS(=O)(=O)c1ccc(OC)cc1. The van der Waals surface area contributed by atoms with Gasteiger partial charge in [-0.2, -0.15) is 8.42 Å². The minimum atomic E-state index is -4.08. The molecule has 0 atom stereocenters. The Morgan fingerprint density at radius 1 is 0.968 bits per heavy atom. The van der Waals surface area contributed by atoms with E-state index in [1.165, 1.54) is 49.6 Å². The van der Waals surface area contributed by atoms with E-state index in [1.807, 2.05) is 0 Å². The van der Waals surface area contributed by atoms with Crippen molar-refractivity contribution in [3.63, 3.8) is 0 Å². The van der Waals surface area contributed by atoms with Gasteiger partial charge >= 0.3 is 10.1 Å². The third-order valence-corrected chi connectivity index (χ3v) is 5.68. The van der Waals surface area contributed by atoms with Crippen molar-refractivity contribution in [2.75, 3.05) is 20.8 Å². The maximum atomic E-state index is 12.8. The Kier molecular flexibility index (Phi) is 7.32. The van der Waals surface area contributed by atoms with Crippen molar-refractivity contribution in [3.05, 3.63) is 78.3 Å². The summed E-state index contributed by atoms with van der Waals surface area (Å²) in [5.74, 6) is 0.984. The number of hydrogen-bond acceptors (Lipinski definition) is 7. The summed E-state index contributed by atoms with van der Waals surface area (Å²) in [6, 6.07) is 16.0. The fraction of sp³-hybridized carbons (Fsp3) is 0.227. The first-order valence-electron chi connectivity index (χ1n) is 9.38. The molecule has 9 heteroatoms. The van der Waals surface area contributed by atoms with E-state index in [2.05, 4.69) is 0 Å². The van der Waals surface area contributed by atoms with Gasteiger partial charge in [0.15, 0.2) is 0 Å². The molecule has 0 N–H and O–H groups in total. The lowest BCUT2D eigenvalue weighted by atomic mass is 10.2. The first-order chi connectivity index (χ1) is 14.9. The predicted octanol–water partition coefficient (Wildman–Crippen LogP) is 3.23. The van der Waals surface area contributed by atoms with Crippen LogP contribution in [0.25, 0.3) is 0 Å². The average molecular weight is 445 g/mol. The highest BCUT2D eigenvalue weighted by molar-refractivity contribution is 7.87. The van der Waals surface area contributed by atoms with Crippen molar-refractivity contribution < 1.29 is 31.3 Å². The summed E-state index contributed by atoms with van der Waals surface area (Å²) in [4.78, 5) is 14.0. The Bertz CT molecular complexity index is 1090. The lowest BCUT2D eigenvalue weighted by Crippen LogP contribution is -2.33. The fourth-order valence-corrected chi connectivity index (χ4v) is 3.83. The van der Waals surface area contributed by atoms with E-state index in [1.54, 1.807) is 36.4 Å². The van der Waals surface area contributed by atoms with Gasteiger partial charge in [0.2, 0.25) is 5.91 Å². The van der Waals surface area contributed by atoms with Crippen LogP contribution in [0.5, 0.6) is 11.5 Å². The van der Waals surface area contributed by atoms with E-state index in [-0.39, 0.29) is 36.2 Å². The largest absolute Gasteiger partial charge is 0.497 e. The quantitative estimate of drug-likeness (QED) is 0.442. The molecule has 0 spiro atoms. The molecule has 3 rings (SSSR count). The zero-order valence-corrected chi connectivity index (χ0v) is 18.0. The number of methoxy groups -OCH3 is 2. The normalized spacial score (nSPS) is 11.2. The van der Waals surface area contributed by atoms with Crippen LogP contribution in [0.1, 0.15) is 11.3 Å². The molecule has 0 radical (unpaired) electrons. The molecule has 0 fully saturated rings. The Hall–Kier alpha value is -3.30. The van der Waals surface area contributed by atoms with Gasteiger partial charge in [0.1, 0.15) is 28.8 Å². The minimum absolute atomic E-state index is 0.00833. The highest BCUT2D eigenvalue weighted by Crippen LogP contribution is 2.26. The monoisotopic (exact) mass is 445 g/mol. The number of furan rings is 1. The summed E-state index contributed by atoms with van der Waals surface area (Å²) in [7, 11) is -1.15. The van der Waals surface area contributed by atoms with Gasteiger partial charge in [-0.3, -0.25) is 4.79 Å². The molecule has 0 saturated carbocycles. The van der Waals surface area contributed by atoms with Crippen molar-refractivity contribution >= 4 is 16.0 Å². The van der Waals surface area contributed by atoms with Crippen LogP contribution in [0.4, 0.5) is 0 Å². The molecule has 2 aromatic carbocycles. The van der Waals surface area contributed by atoms with Crippen molar-refractivity contribution in [1.82, 2.24) is 4.90 Å². The molecule has 0 saturated heterocycles. The molecule has 0 aliphatic carbocycles. The predicted molar refractivity (Wildman–Crippen MR) is 112 cm³/mol. The third-order valence-electron chi connectivity index (χ3n) is 4.43. The van der Waals surface area contributed by atoms with Crippen molar-refractivity contribution in [1.29, 1.82) is 0 Å².